The third-order valence-corrected chi connectivity index (χ3v) is 3.87. The summed E-state index contributed by atoms with van der Waals surface area (Å²) in [5.74, 6) is -1.87. The summed E-state index contributed by atoms with van der Waals surface area (Å²) in [7, 11) is -4.16. The summed E-state index contributed by atoms with van der Waals surface area (Å²) in [6.45, 7) is 1.69. The van der Waals surface area contributed by atoms with Crippen LogP contribution in [-0.4, -0.2) is 14.5 Å². The summed E-state index contributed by atoms with van der Waals surface area (Å²) < 4.78 is 52.1. The molecule has 0 amide bonds. The lowest BCUT2D eigenvalue weighted by Gasteiger charge is -2.14. The molecule has 1 N–H and O–H groups in total. The van der Waals surface area contributed by atoms with Crippen molar-refractivity contribution in [3.05, 3.63) is 29.8 Å². The fourth-order valence-corrected chi connectivity index (χ4v) is 2.75. The zero-order chi connectivity index (χ0) is 13.8. The van der Waals surface area contributed by atoms with E-state index >= 15 is 0 Å². The van der Waals surface area contributed by atoms with E-state index in [4.69, 9.17) is 5.26 Å². The average Bonchev–Trinajstić information content (AvgIpc) is 2.31. The number of rotatable bonds is 5. The van der Waals surface area contributed by atoms with Gasteiger partial charge in [-0.2, -0.15) is 5.26 Å². The summed E-state index contributed by atoms with van der Waals surface area (Å²) in [5, 5.41) is 8.51. The van der Waals surface area contributed by atoms with Crippen molar-refractivity contribution in [2.24, 2.45) is 0 Å². The highest BCUT2D eigenvalue weighted by atomic mass is 32.2. The van der Waals surface area contributed by atoms with E-state index in [0.717, 1.165) is 12.1 Å². The summed E-state index contributed by atoms with van der Waals surface area (Å²) in [6.07, 6.45) is 0.344. The fourth-order valence-electron chi connectivity index (χ4n) is 1.35. The third-order valence-electron chi connectivity index (χ3n) is 2.34. The van der Waals surface area contributed by atoms with Crippen LogP contribution in [0.3, 0.4) is 0 Å². The molecule has 0 aliphatic heterocycles. The van der Waals surface area contributed by atoms with Crippen molar-refractivity contribution in [3.63, 3.8) is 0 Å². The van der Waals surface area contributed by atoms with Gasteiger partial charge in [-0.15, -0.1) is 0 Å². The van der Waals surface area contributed by atoms with Crippen molar-refractivity contribution in [1.82, 2.24) is 4.72 Å². The van der Waals surface area contributed by atoms with E-state index in [0.29, 0.717) is 12.5 Å². The van der Waals surface area contributed by atoms with E-state index < -0.39 is 32.6 Å². The van der Waals surface area contributed by atoms with E-state index in [1.165, 1.54) is 0 Å². The summed E-state index contributed by atoms with van der Waals surface area (Å²) in [5.41, 5.74) is 0. The van der Waals surface area contributed by atoms with Gasteiger partial charge in [-0.3, -0.25) is 0 Å². The van der Waals surface area contributed by atoms with Gasteiger partial charge in [0.2, 0.25) is 10.0 Å². The molecule has 1 rings (SSSR count). The Kier molecular flexibility index (Phi) is 4.76. The molecule has 7 heteroatoms. The van der Waals surface area contributed by atoms with Gasteiger partial charge >= 0.3 is 0 Å². The molecule has 0 aliphatic rings. The van der Waals surface area contributed by atoms with Crippen LogP contribution in [0.4, 0.5) is 8.78 Å². The van der Waals surface area contributed by atoms with Crippen molar-refractivity contribution < 1.29 is 17.2 Å². The number of hydrogen-bond donors (Lipinski definition) is 1. The van der Waals surface area contributed by atoms with Gasteiger partial charge in [-0.25, -0.2) is 21.9 Å². The molecule has 1 aromatic rings. The molecule has 0 saturated carbocycles. The van der Waals surface area contributed by atoms with Crippen LogP contribution >= 0.6 is 0 Å². The molecule has 0 saturated heterocycles. The number of benzene rings is 1. The minimum absolute atomic E-state index is 0.0351. The second-order valence-electron chi connectivity index (χ2n) is 3.66. The molecular formula is C11H12F2N2O2S. The van der Waals surface area contributed by atoms with Gasteiger partial charge in [0.05, 0.1) is 12.5 Å². The first kappa shape index (κ1) is 14.5. The van der Waals surface area contributed by atoms with Crippen LogP contribution in [0.15, 0.2) is 23.1 Å². The molecule has 98 valence electrons. The Hall–Kier alpha value is -1.52. The monoisotopic (exact) mass is 274 g/mol. The second kappa shape index (κ2) is 5.89. The molecule has 0 spiro atoms. The Morgan fingerprint density at radius 1 is 1.44 bits per heavy atom. The maximum absolute atomic E-state index is 13.4. The lowest BCUT2D eigenvalue weighted by molar-refractivity contribution is 0.524. The van der Waals surface area contributed by atoms with Crippen LogP contribution in [0.5, 0.6) is 0 Å². The molecule has 18 heavy (non-hydrogen) atoms. The Morgan fingerprint density at radius 2 is 2.11 bits per heavy atom. The van der Waals surface area contributed by atoms with Crippen LogP contribution in [0.1, 0.15) is 19.8 Å². The van der Waals surface area contributed by atoms with Gasteiger partial charge in [-0.1, -0.05) is 6.92 Å². The third kappa shape index (κ3) is 3.48. The smallest absolute Gasteiger partial charge is 0.207 e. The number of hydrogen-bond acceptors (Lipinski definition) is 3. The number of halogens is 2. The normalized spacial score (nSPS) is 13.0. The maximum atomic E-state index is 13.4. The van der Waals surface area contributed by atoms with E-state index in [1.54, 1.807) is 6.92 Å². The Labute approximate surface area is 104 Å². The minimum Gasteiger partial charge on any atom is -0.207 e. The molecule has 1 atom stereocenters. The molecular weight excluding hydrogens is 262 g/mol. The molecule has 0 aromatic heterocycles. The molecule has 0 heterocycles. The van der Waals surface area contributed by atoms with Crippen molar-refractivity contribution in [2.75, 3.05) is 0 Å². The zero-order valence-corrected chi connectivity index (χ0v) is 10.5. The van der Waals surface area contributed by atoms with Crippen LogP contribution in [0.25, 0.3) is 0 Å². The summed E-state index contributed by atoms with van der Waals surface area (Å²) in [6, 6.07) is 3.39. The SMILES string of the molecule is CCC(CC#N)NS(=O)(=O)c1cc(F)ccc1F. The Balaban J connectivity index is 3.06. The number of sulfonamides is 1. The quantitative estimate of drug-likeness (QED) is 0.892. The predicted molar refractivity (Wildman–Crippen MR) is 61.0 cm³/mol. The van der Waals surface area contributed by atoms with Gasteiger partial charge in [0.1, 0.15) is 16.5 Å². The molecule has 0 bridgehead atoms. The molecule has 0 radical (unpaired) electrons. The summed E-state index contributed by atoms with van der Waals surface area (Å²) >= 11 is 0. The van der Waals surface area contributed by atoms with Crippen molar-refractivity contribution >= 4 is 10.0 Å². The standard InChI is InChI=1S/C11H12F2N2O2S/c1-2-9(5-6-14)15-18(16,17)11-7-8(12)3-4-10(11)13/h3-4,7,9,15H,2,5H2,1H3. The minimum atomic E-state index is -4.16. The van der Waals surface area contributed by atoms with Crippen LogP contribution in [0, 0.1) is 23.0 Å². The lowest BCUT2D eigenvalue weighted by Crippen LogP contribution is -2.34. The first-order chi connectivity index (χ1) is 8.40. The van der Waals surface area contributed by atoms with E-state index in [2.05, 4.69) is 4.72 Å². The molecule has 1 unspecified atom stereocenters. The number of nitriles is 1. The Morgan fingerprint density at radius 3 is 2.67 bits per heavy atom. The van der Waals surface area contributed by atoms with Gasteiger partial charge in [0.15, 0.2) is 0 Å². The van der Waals surface area contributed by atoms with Crippen LogP contribution in [-0.2, 0) is 10.0 Å². The van der Waals surface area contributed by atoms with Gasteiger partial charge in [-0.05, 0) is 24.6 Å². The highest BCUT2D eigenvalue weighted by Gasteiger charge is 2.23. The molecule has 1 aromatic carbocycles. The first-order valence-electron chi connectivity index (χ1n) is 5.25. The van der Waals surface area contributed by atoms with Crippen LogP contribution < -0.4 is 4.72 Å². The van der Waals surface area contributed by atoms with E-state index in [1.807, 2.05) is 6.07 Å². The van der Waals surface area contributed by atoms with Crippen molar-refractivity contribution in [1.29, 1.82) is 5.26 Å². The molecule has 4 nitrogen and oxygen atoms in total. The first-order valence-corrected chi connectivity index (χ1v) is 6.73. The van der Waals surface area contributed by atoms with Gasteiger partial charge < -0.3 is 0 Å². The second-order valence-corrected chi connectivity index (χ2v) is 5.35. The van der Waals surface area contributed by atoms with E-state index in [9.17, 15) is 17.2 Å². The fraction of sp³-hybridized carbons (Fsp3) is 0.364. The van der Waals surface area contributed by atoms with E-state index in [-0.39, 0.29) is 6.42 Å². The van der Waals surface area contributed by atoms with Crippen LogP contribution in [0.2, 0.25) is 0 Å². The average molecular weight is 274 g/mol. The highest BCUT2D eigenvalue weighted by molar-refractivity contribution is 7.89. The lowest BCUT2D eigenvalue weighted by atomic mass is 10.2. The molecule has 0 fully saturated rings. The zero-order valence-electron chi connectivity index (χ0n) is 9.65. The Bertz CT molecular complexity index is 567. The van der Waals surface area contributed by atoms with Crippen molar-refractivity contribution in [2.45, 2.75) is 30.7 Å². The highest BCUT2D eigenvalue weighted by Crippen LogP contribution is 2.16. The topological polar surface area (TPSA) is 70.0 Å². The number of nitrogens with one attached hydrogen (secondary N) is 1. The number of nitrogens with zero attached hydrogens (tertiary/aromatic N) is 1. The summed E-state index contributed by atoms with van der Waals surface area (Å²) in [4.78, 5) is -0.751. The van der Waals surface area contributed by atoms with Crippen molar-refractivity contribution in [3.8, 4) is 6.07 Å². The molecule has 0 aliphatic carbocycles. The van der Waals surface area contributed by atoms with Gasteiger partial charge in [0.25, 0.3) is 0 Å². The maximum Gasteiger partial charge on any atom is 0.243 e. The predicted octanol–water partition coefficient (Wildman–Crippen LogP) is 1.94. The largest absolute Gasteiger partial charge is 0.243 e. The van der Waals surface area contributed by atoms with Gasteiger partial charge in [0, 0.05) is 6.04 Å².